The van der Waals surface area contributed by atoms with E-state index < -0.39 is 0 Å². The van der Waals surface area contributed by atoms with Crippen LogP contribution in [0.4, 0.5) is 0 Å². The van der Waals surface area contributed by atoms with Crippen LogP contribution in [0.5, 0.6) is 0 Å². The third kappa shape index (κ3) is 2.25. The highest BCUT2D eigenvalue weighted by Crippen LogP contribution is 2.19. The number of aliphatic hydroxyl groups is 1. The lowest BCUT2D eigenvalue weighted by molar-refractivity contribution is 0.189. The Morgan fingerprint density at radius 3 is 2.88 bits per heavy atom. The molecule has 3 heteroatoms. The van der Waals surface area contributed by atoms with Crippen molar-refractivity contribution in [2.24, 2.45) is 11.8 Å². The van der Waals surface area contributed by atoms with Crippen molar-refractivity contribution in [3.8, 4) is 0 Å². The molecule has 0 amide bonds. The Kier molecular flexibility index (Phi) is 3.25. The van der Waals surface area contributed by atoms with Crippen molar-refractivity contribution in [1.82, 2.24) is 9.97 Å². The van der Waals surface area contributed by atoms with Crippen LogP contribution in [0.25, 0.3) is 11.0 Å². The molecular weight excluding hydrogens is 200 g/mol. The van der Waals surface area contributed by atoms with Gasteiger partial charge in [-0.25, -0.2) is 4.98 Å². The van der Waals surface area contributed by atoms with E-state index in [0.717, 1.165) is 17.5 Å². The molecule has 0 saturated carbocycles. The monoisotopic (exact) mass is 218 g/mol. The Morgan fingerprint density at radius 2 is 2.19 bits per heavy atom. The Bertz CT molecular complexity index is 462. The summed E-state index contributed by atoms with van der Waals surface area (Å²) < 4.78 is 0. The van der Waals surface area contributed by atoms with E-state index >= 15 is 0 Å². The summed E-state index contributed by atoms with van der Waals surface area (Å²) in [6, 6.07) is 6.23. The smallest absolute Gasteiger partial charge is 0.0931 e. The fourth-order valence-corrected chi connectivity index (χ4v) is 1.92. The number of H-pyrrole nitrogens is 1. The first kappa shape index (κ1) is 11.1. The summed E-state index contributed by atoms with van der Waals surface area (Å²) in [5.41, 5.74) is 3.32. The molecule has 1 aromatic heterocycles. The molecule has 2 aromatic rings. The van der Waals surface area contributed by atoms with Crippen LogP contribution in [-0.4, -0.2) is 21.7 Å². The van der Waals surface area contributed by atoms with Crippen LogP contribution in [-0.2, 0) is 6.42 Å². The molecule has 0 aliphatic carbocycles. The lowest BCUT2D eigenvalue weighted by Gasteiger charge is -2.17. The van der Waals surface area contributed by atoms with Crippen molar-refractivity contribution >= 4 is 11.0 Å². The molecule has 0 fully saturated rings. The zero-order chi connectivity index (χ0) is 11.5. The molecule has 1 atom stereocenters. The normalized spacial score (nSPS) is 13.5. The number of aromatic nitrogens is 2. The van der Waals surface area contributed by atoms with Crippen LogP contribution >= 0.6 is 0 Å². The first-order valence-corrected chi connectivity index (χ1v) is 5.73. The van der Waals surface area contributed by atoms with Crippen LogP contribution in [0.2, 0.25) is 0 Å². The zero-order valence-corrected chi connectivity index (χ0v) is 9.77. The molecule has 1 unspecified atom stereocenters. The summed E-state index contributed by atoms with van der Waals surface area (Å²) in [5, 5.41) is 9.31. The van der Waals surface area contributed by atoms with Crippen molar-refractivity contribution in [2.45, 2.75) is 20.3 Å². The molecule has 0 spiro atoms. The molecule has 2 N–H and O–H groups in total. The second-order valence-corrected chi connectivity index (χ2v) is 4.64. The number of benzene rings is 1. The Labute approximate surface area is 95.5 Å². The molecule has 86 valence electrons. The molecule has 0 aliphatic heterocycles. The predicted molar refractivity (Wildman–Crippen MR) is 65.2 cm³/mol. The van der Waals surface area contributed by atoms with E-state index in [0.29, 0.717) is 11.8 Å². The molecule has 0 saturated heterocycles. The molecular formula is C13H18N2O. The average Bonchev–Trinajstić information content (AvgIpc) is 2.72. The highest BCUT2D eigenvalue weighted by atomic mass is 16.3. The number of aromatic amines is 1. The van der Waals surface area contributed by atoms with Gasteiger partial charge >= 0.3 is 0 Å². The molecule has 1 heterocycles. The number of nitrogens with one attached hydrogen (secondary N) is 1. The molecule has 2 rings (SSSR count). The van der Waals surface area contributed by atoms with Crippen LogP contribution in [0, 0.1) is 11.8 Å². The minimum Gasteiger partial charge on any atom is -0.396 e. The lowest BCUT2D eigenvalue weighted by atomic mass is 9.90. The Hall–Kier alpha value is -1.35. The number of fused-ring (bicyclic) bond motifs is 1. The second kappa shape index (κ2) is 4.66. The van der Waals surface area contributed by atoms with Crippen molar-refractivity contribution in [1.29, 1.82) is 0 Å². The predicted octanol–water partition coefficient (Wildman–Crippen LogP) is 2.37. The molecule has 0 radical (unpaired) electrons. The van der Waals surface area contributed by atoms with Gasteiger partial charge in [-0.2, -0.15) is 0 Å². The first-order chi connectivity index (χ1) is 7.70. The Balaban J connectivity index is 2.19. The maximum absolute atomic E-state index is 9.31. The average molecular weight is 218 g/mol. The fourth-order valence-electron chi connectivity index (χ4n) is 1.92. The highest BCUT2D eigenvalue weighted by molar-refractivity contribution is 5.75. The van der Waals surface area contributed by atoms with Crippen LogP contribution in [0.1, 0.15) is 19.4 Å². The van der Waals surface area contributed by atoms with Gasteiger partial charge in [-0.3, -0.25) is 0 Å². The van der Waals surface area contributed by atoms with E-state index in [2.05, 4.69) is 35.9 Å². The standard InChI is InChI=1S/C13H18N2O/c1-9(2)11(7-16)5-10-3-4-12-13(6-10)15-8-14-12/h3-4,6,8-9,11,16H,5,7H2,1-2H3,(H,14,15). The largest absolute Gasteiger partial charge is 0.396 e. The molecule has 1 aromatic carbocycles. The number of imidazole rings is 1. The van der Waals surface area contributed by atoms with Gasteiger partial charge in [0.1, 0.15) is 0 Å². The molecule has 3 nitrogen and oxygen atoms in total. The van der Waals surface area contributed by atoms with E-state index in [1.165, 1.54) is 5.56 Å². The van der Waals surface area contributed by atoms with Gasteiger partial charge in [0, 0.05) is 6.61 Å². The summed E-state index contributed by atoms with van der Waals surface area (Å²) in [4.78, 5) is 7.30. The van der Waals surface area contributed by atoms with E-state index in [1.807, 2.05) is 6.07 Å². The minimum absolute atomic E-state index is 0.249. The first-order valence-electron chi connectivity index (χ1n) is 5.73. The SMILES string of the molecule is CC(C)C(CO)Cc1ccc2nc[nH]c2c1. The topological polar surface area (TPSA) is 48.9 Å². The van der Waals surface area contributed by atoms with Crippen molar-refractivity contribution in [2.75, 3.05) is 6.61 Å². The number of hydrogen-bond donors (Lipinski definition) is 2. The van der Waals surface area contributed by atoms with E-state index in [1.54, 1.807) is 6.33 Å². The van der Waals surface area contributed by atoms with Gasteiger partial charge in [0.25, 0.3) is 0 Å². The van der Waals surface area contributed by atoms with Gasteiger partial charge in [0.15, 0.2) is 0 Å². The minimum atomic E-state index is 0.249. The maximum atomic E-state index is 9.31. The van der Waals surface area contributed by atoms with Crippen LogP contribution in [0.15, 0.2) is 24.5 Å². The van der Waals surface area contributed by atoms with Crippen molar-refractivity contribution in [3.63, 3.8) is 0 Å². The molecule has 0 aliphatic rings. The third-order valence-corrected chi connectivity index (χ3v) is 3.16. The van der Waals surface area contributed by atoms with E-state index in [9.17, 15) is 5.11 Å². The maximum Gasteiger partial charge on any atom is 0.0931 e. The summed E-state index contributed by atoms with van der Waals surface area (Å²) in [6.07, 6.45) is 2.63. The highest BCUT2D eigenvalue weighted by Gasteiger charge is 2.13. The van der Waals surface area contributed by atoms with Gasteiger partial charge in [0.2, 0.25) is 0 Å². The molecule has 16 heavy (non-hydrogen) atoms. The van der Waals surface area contributed by atoms with E-state index in [-0.39, 0.29) is 6.61 Å². The second-order valence-electron chi connectivity index (χ2n) is 4.64. The summed E-state index contributed by atoms with van der Waals surface area (Å²) in [7, 11) is 0. The van der Waals surface area contributed by atoms with Crippen LogP contribution in [0.3, 0.4) is 0 Å². The number of rotatable bonds is 4. The van der Waals surface area contributed by atoms with Crippen molar-refractivity contribution < 1.29 is 5.11 Å². The zero-order valence-electron chi connectivity index (χ0n) is 9.77. The number of nitrogens with zero attached hydrogens (tertiary/aromatic N) is 1. The fraction of sp³-hybridized carbons (Fsp3) is 0.462. The lowest BCUT2D eigenvalue weighted by Crippen LogP contribution is -2.16. The Morgan fingerprint density at radius 1 is 1.38 bits per heavy atom. The van der Waals surface area contributed by atoms with Gasteiger partial charge in [-0.15, -0.1) is 0 Å². The van der Waals surface area contributed by atoms with Gasteiger partial charge in [-0.1, -0.05) is 19.9 Å². The summed E-state index contributed by atoms with van der Waals surface area (Å²) in [6.45, 7) is 4.55. The van der Waals surface area contributed by atoms with Gasteiger partial charge < -0.3 is 10.1 Å². The molecule has 0 bridgehead atoms. The van der Waals surface area contributed by atoms with E-state index in [4.69, 9.17) is 0 Å². The van der Waals surface area contributed by atoms with Crippen LogP contribution < -0.4 is 0 Å². The van der Waals surface area contributed by atoms with Crippen molar-refractivity contribution in [3.05, 3.63) is 30.1 Å². The van der Waals surface area contributed by atoms with Gasteiger partial charge in [-0.05, 0) is 36.0 Å². The summed E-state index contributed by atoms with van der Waals surface area (Å²) in [5.74, 6) is 0.836. The number of aliphatic hydroxyl groups excluding tert-OH is 1. The van der Waals surface area contributed by atoms with Gasteiger partial charge in [0.05, 0.1) is 17.4 Å². The number of hydrogen-bond acceptors (Lipinski definition) is 2. The third-order valence-electron chi connectivity index (χ3n) is 3.16. The quantitative estimate of drug-likeness (QED) is 0.827. The summed E-state index contributed by atoms with van der Waals surface area (Å²) >= 11 is 0.